The highest BCUT2D eigenvalue weighted by Gasteiger charge is 2.25. The van der Waals surface area contributed by atoms with Gasteiger partial charge in [0.15, 0.2) is 0 Å². The summed E-state index contributed by atoms with van der Waals surface area (Å²) in [5, 5.41) is 0. The van der Waals surface area contributed by atoms with Crippen molar-refractivity contribution in [2.75, 3.05) is 38.2 Å². The SMILES string of the molecule is COc1ncccc1C(=O)N1CCN(c2ccccc2F)CC1. The Hall–Kier alpha value is -2.63. The number of hydrogen-bond acceptors (Lipinski definition) is 4. The fraction of sp³-hybridized carbons (Fsp3) is 0.294. The van der Waals surface area contributed by atoms with Crippen LogP contribution in [0.15, 0.2) is 42.6 Å². The number of rotatable bonds is 3. The zero-order valence-electron chi connectivity index (χ0n) is 12.9. The minimum absolute atomic E-state index is 0.108. The van der Waals surface area contributed by atoms with Crippen molar-refractivity contribution < 1.29 is 13.9 Å². The number of halogens is 1. The Balaban J connectivity index is 1.69. The maximum absolute atomic E-state index is 13.8. The minimum Gasteiger partial charge on any atom is -0.480 e. The summed E-state index contributed by atoms with van der Waals surface area (Å²) in [6.07, 6.45) is 1.59. The third-order valence-electron chi connectivity index (χ3n) is 3.95. The standard InChI is InChI=1S/C17H18FN3O2/c1-23-16-13(5-4-8-19-16)17(22)21-11-9-20(10-12-21)15-7-3-2-6-14(15)18/h2-8H,9-12H2,1H3. The number of hydrogen-bond donors (Lipinski definition) is 0. The molecule has 0 spiro atoms. The zero-order chi connectivity index (χ0) is 16.2. The van der Waals surface area contributed by atoms with E-state index in [-0.39, 0.29) is 11.7 Å². The number of amides is 1. The number of nitrogens with zero attached hydrogens (tertiary/aromatic N) is 3. The second-order valence-corrected chi connectivity index (χ2v) is 5.29. The van der Waals surface area contributed by atoms with Crippen LogP contribution in [-0.2, 0) is 0 Å². The summed E-state index contributed by atoms with van der Waals surface area (Å²) in [5.41, 5.74) is 1.04. The number of methoxy groups -OCH3 is 1. The number of ether oxygens (including phenoxy) is 1. The average molecular weight is 315 g/mol. The summed E-state index contributed by atoms with van der Waals surface area (Å²) in [6, 6.07) is 10.1. The first-order chi connectivity index (χ1) is 11.2. The summed E-state index contributed by atoms with van der Waals surface area (Å²) in [7, 11) is 1.50. The second kappa shape index (κ2) is 6.64. The van der Waals surface area contributed by atoms with Gasteiger partial charge in [-0.1, -0.05) is 12.1 Å². The third-order valence-corrected chi connectivity index (χ3v) is 3.95. The number of pyridine rings is 1. The topological polar surface area (TPSA) is 45.7 Å². The van der Waals surface area contributed by atoms with E-state index in [0.717, 1.165) is 0 Å². The van der Waals surface area contributed by atoms with Gasteiger partial charge in [0.1, 0.15) is 11.4 Å². The molecule has 23 heavy (non-hydrogen) atoms. The van der Waals surface area contributed by atoms with Crippen LogP contribution in [0.4, 0.5) is 10.1 Å². The van der Waals surface area contributed by atoms with E-state index in [0.29, 0.717) is 43.3 Å². The van der Waals surface area contributed by atoms with Gasteiger partial charge in [-0.3, -0.25) is 4.79 Å². The highest BCUT2D eigenvalue weighted by Crippen LogP contribution is 2.22. The molecule has 0 aliphatic carbocycles. The molecule has 1 aromatic heterocycles. The number of aromatic nitrogens is 1. The summed E-state index contributed by atoms with van der Waals surface area (Å²) in [4.78, 5) is 20.4. The molecule has 0 bridgehead atoms. The Labute approximate surface area is 134 Å². The lowest BCUT2D eigenvalue weighted by Crippen LogP contribution is -2.49. The van der Waals surface area contributed by atoms with Gasteiger partial charge in [-0.25, -0.2) is 9.37 Å². The van der Waals surface area contributed by atoms with Crippen LogP contribution in [0.25, 0.3) is 0 Å². The molecule has 1 aliphatic rings. The molecule has 1 aromatic carbocycles. The fourth-order valence-electron chi connectivity index (χ4n) is 2.75. The molecule has 1 fully saturated rings. The Morgan fingerprint density at radius 3 is 2.57 bits per heavy atom. The van der Waals surface area contributed by atoms with E-state index in [4.69, 9.17) is 4.74 Å². The number of carbonyl (C=O) groups excluding carboxylic acids is 1. The van der Waals surface area contributed by atoms with Crippen molar-refractivity contribution in [3.8, 4) is 5.88 Å². The van der Waals surface area contributed by atoms with Gasteiger partial charge < -0.3 is 14.5 Å². The second-order valence-electron chi connectivity index (χ2n) is 5.29. The van der Waals surface area contributed by atoms with Gasteiger partial charge >= 0.3 is 0 Å². The maximum atomic E-state index is 13.8. The first kappa shape index (κ1) is 15.3. The summed E-state index contributed by atoms with van der Waals surface area (Å²) in [5.74, 6) is -0.0154. The van der Waals surface area contributed by atoms with Crippen molar-refractivity contribution in [2.45, 2.75) is 0 Å². The van der Waals surface area contributed by atoms with E-state index in [1.807, 2.05) is 11.0 Å². The number of carbonyl (C=O) groups is 1. The van der Waals surface area contributed by atoms with Crippen LogP contribution in [0.5, 0.6) is 5.88 Å². The maximum Gasteiger partial charge on any atom is 0.259 e. The molecule has 0 N–H and O–H groups in total. The molecule has 0 unspecified atom stereocenters. The predicted octanol–water partition coefficient (Wildman–Crippen LogP) is 2.19. The molecule has 5 nitrogen and oxygen atoms in total. The lowest BCUT2D eigenvalue weighted by Gasteiger charge is -2.36. The molecule has 1 aliphatic heterocycles. The van der Waals surface area contributed by atoms with E-state index in [1.165, 1.54) is 13.2 Å². The molecule has 0 atom stereocenters. The van der Waals surface area contributed by atoms with Crippen molar-refractivity contribution in [1.29, 1.82) is 0 Å². The van der Waals surface area contributed by atoms with Gasteiger partial charge in [-0.2, -0.15) is 0 Å². The highest BCUT2D eigenvalue weighted by molar-refractivity contribution is 5.96. The van der Waals surface area contributed by atoms with E-state index < -0.39 is 0 Å². The molecule has 2 aromatic rings. The summed E-state index contributed by atoms with van der Waals surface area (Å²) < 4.78 is 19.0. The fourth-order valence-corrected chi connectivity index (χ4v) is 2.75. The first-order valence-electron chi connectivity index (χ1n) is 7.48. The molecule has 2 heterocycles. The van der Waals surface area contributed by atoms with Crippen molar-refractivity contribution in [3.63, 3.8) is 0 Å². The number of piperazine rings is 1. The van der Waals surface area contributed by atoms with Gasteiger partial charge in [0.25, 0.3) is 5.91 Å². The minimum atomic E-state index is -0.235. The van der Waals surface area contributed by atoms with E-state index in [2.05, 4.69) is 4.98 Å². The molecular formula is C17H18FN3O2. The summed E-state index contributed by atoms with van der Waals surface area (Å²) in [6.45, 7) is 2.25. The van der Waals surface area contributed by atoms with Crippen LogP contribution in [0.1, 0.15) is 10.4 Å². The van der Waals surface area contributed by atoms with Gasteiger partial charge in [-0.15, -0.1) is 0 Å². The van der Waals surface area contributed by atoms with E-state index >= 15 is 0 Å². The molecule has 0 radical (unpaired) electrons. The number of benzene rings is 1. The van der Waals surface area contributed by atoms with Crippen LogP contribution in [0.3, 0.4) is 0 Å². The smallest absolute Gasteiger partial charge is 0.259 e. The van der Waals surface area contributed by atoms with Crippen molar-refractivity contribution in [1.82, 2.24) is 9.88 Å². The average Bonchev–Trinajstić information content (AvgIpc) is 2.61. The van der Waals surface area contributed by atoms with Crippen LogP contribution in [0.2, 0.25) is 0 Å². The first-order valence-corrected chi connectivity index (χ1v) is 7.48. The monoisotopic (exact) mass is 315 g/mol. The predicted molar refractivity (Wildman–Crippen MR) is 85.3 cm³/mol. The highest BCUT2D eigenvalue weighted by atomic mass is 19.1. The van der Waals surface area contributed by atoms with Crippen LogP contribution >= 0.6 is 0 Å². The largest absolute Gasteiger partial charge is 0.480 e. The Bertz CT molecular complexity index is 700. The van der Waals surface area contributed by atoms with E-state index in [9.17, 15) is 9.18 Å². The third kappa shape index (κ3) is 3.11. The summed E-state index contributed by atoms with van der Waals surface area (Å²) >= 11 is 0. The molecule has 0 saturated carbocycles. The Morgan fingerprint density at radius 2 is 1.87 bits per heavy atom. The molecule has 6 heteroatoms. The quantitative estimate of drug-likeness (QED) is 0.871. The zero-order valence-corrected chi connectivity index (χ0v) is 12.9. The van der Waals surface area contributed by atoms with Crippen LogP contribution in [0, 0.1) is 5.82 Å². The molecule has 1 saturated heterocycles. The van der Waals surface area contributed by atoms with Gasteiger partial charge in [-0.05, 0) is 24.3 Å². The van der Waals surface area contributed by atoms with E-state index in [1.54, 1.807) is 35.4 Å². The lowest BCUT2D eigenvalue weighted by atomic mass is 10.2. The van der Waals surface area contributed by atoms with Gasteiger partial charge in [0.05, 0.1) is 12.8 Å². The van der Waals surface area contributed by atoms with Crippen molar-refractivity contribution in [2.24, 2.45) is 0 Å². The Kier molecular flexibility index (Phi) is 4.41. The number of para-hydroxylation sites is 1. The molecule has 3 rings (SSSR count). The normalized spacial score (nSPS) is 14.7. The molecular weight excluding hydrogens is 297 g/mol. The molecule has 1 amide bonds. The van der Waals surface area contributed by atoms with Gasteiger partial charge in [0.2, 0.25) is 5.88 Å². The van der Waals surface area contributed by atoms with Crippen LogP contribution in [-0.4, -0.2) is 49.1 Å². The van der Waals surface area contributed by atoms with Crippen molar-refractivity contribution in [3.05, 3.63) is 54.0 Å². The van der Waals surface area contributed by atoms with Gasteiger partial charge in [0, 0.05) is 32.4 Å². The van der Waals surface area contributed by atoms with Crippen LogP contribution < -0.4 is 9.64 Å². The lowest BCUT2D eigenvalue weighted by molar-refractivity contribution is 0.0742. The number of anilines is 1. The Morgan fingerprint density at radius 1 is 1.13 bits per heavy atom. The van der Waals surface area contributed by atoms with Crippen molar-refractivity contribution >= 4 is 11.6 Å². The molecule has 120 valence electrons.